The summed E-state index contributed by atoms with van der Waals surface area (Å²) in [6, 6.07) is 1.53. The van der Waals surface area contributed by atoms with Gasteiger partial charge in [-0.2, -0.15) is 0 Å². The smallest absolute Gasteiger partial charge is 0.0136 e. The van der Waals surface area contributed by atoms with E-state index < -0.39 is 0 Å². The Morgan fingerprint density at radius 1 is 1.07 bits per heavy atom. The molecule has 2 bridgehead atoms. The van der Waals surface area contributed by atoms with Crippen LogP contribution in [0, 0.1) is 23.7 Å². The lowest BCUT2D eigenvalue weighted by Crippen LogP contribution is -2.34. The molecule has 2 heteroatoms. The molecule has 4 atom stereocenters. The zero-order valence-electron chi connectivity index (χ0n) is 10.00. The molecule has 0 amide bonds. The Kier molecular flexibility index (Phi) is 2.52. The van der Waals surface area contributed by atoms with E-state index >= 15 is 0 Å². The number of hydrogen-bond donors (Lipinski definition) is 2. The van der Waals surface area contributed by atoms with Crippen molar-refractivity contribution >= 4 is 0 Å². The van der Waals surface area contributed by atoms with Gasteiger partial charge in [0.2, 0.25) is 0 Å². The Morgan fingerprint density at radius 3 is 2.33 bits per heavy atom. The maximum atomic E-state index is 3.75. The Balaban J connectivity index is 1.37. The van der Waals surface area contributed by atoms with Crippen molar-refractivity contribution in [2.45, 2.75) is 45.2 Å². The molecule has 0 radical (unpaired) electrons. The lowest BCUT2D eigenvalue weighted by Gasteiger charge is -2.12. The third-order valence-electron chi connectivity index (χ3n) is 4.79. The number of fused-ring (bicyclic) bond motifs is 5. The molecule has 0 aromatic carbocycles. The second kappa shape index (κ2) is 3.74. The maximum Gasteiger partial charge on any atom is 0.0136 e. The van der Waals surface area contributed by atoms with Gasteiger partial charge in [0.1, 0.15) is 0 Å². The van der Waals surface area contributed by atoms with E-state index in [1.165, 1.54) is 12.8 Å². The van der Waals surface area contributed by atoms with Gasteiger partial charge >= 0.3 is 0 Å². The minimum absolute atomic E-state index is 0.627. The van der Waals surface area contributed by atoms with Crippen molar-refractivity contribution in [1.82, 2.24) is 10.6 Å². The molecule has 0 saturated heterocycles. The van der Waals surface area contributed by atoms with E-state index in [0.717, 1.165) is 42.8 Å². The van der Waals surface area contributed by atoms with Crippen LogP contribution in [0.4, 0.5) is 0 Å². The molecule has 0 spiro atoms. The fraction of sp³-hybridized carbons (Fsp3) is 1.00. The average molecular weight is 208 g/mol. The van der Waals surface area contributed by atoms with Crippen LogP contribution in [0.1, 0.15) is 33.1 Å². The molecule has 2 nitrogen and oxygen atoms in total. The largest absolute Gasteiger partial charge is 0.313 e. The summed E-state index contributed by atoms with van der Waals surface area (Å²) in [6.07, 6.45) is 4.64. The minimum atomic E-state index is 0.627. The Labute approximate surface area is 93.2 Å². The van der Waals surface area contributed by atoms with Crippen molar-refractivity contribution in [3.63, 3.8) is 0 Å². The quantitative estimate of drug-likeness (QED) is 0.671. The van der Waals surface area contributed by atoms with Crippen molar-refractivity contribution < 1.29 is 0 Å². The summed E-state index contributed by atoms with van der Waals surface area (Å²) >= 11 is 0. The molecule has 3 rings (SSSR count). The second-order valence-electron chi connectivity index (χ2n) is 6.08. The average Bonchev–Trinajstić information content (AvgIpc) is 2.61. The monoisotopic (exact) mass is 208 g/mol. The van der Waals surface area contributed by atoms with E-state index in [1.807, 2.05) is 0 Å². The van der Waals surface area contributed by atoms with Crippen LogP contribution >= 0.6 is 0 Å². The van der Waals surface area contributed by atoms with Crippen LogP contribution < -0.4 is 10.6 Å². The van der Waals surface area contributed by atoms with Gasteiger partial charge in [0.05, 0.1) is 0 Å². The molecule has 2 N–H and O–H groups in total. The molecule has 86 valence electrons. The van der Waals surface area contributed by atoms with E-state index in [4.69, 9.17) is 0 Å². The van der Waals surface area contributed by atoms with Gasteiger partial charge in [-0.05, 0) is 42.9 Å². The van der Waals surface area contributed by atoms with Gasteiger partial charge in [0, 0.05) is 25.2 Å². The summed E-state index contributed by atoms with van der Waals surface area (Å²) in [5.41, 5.74) is 0. The summed E-state index contributed by atoms with van der Waals surface area (Å²) in [5.74, 6) is 4.39. The van der Waals surface area contributed by atoms with Crippen LogP contribution in [-0.2, 0) is 0 Å². The Hall–Kier alpha value is -0.0800. The van der Waals surface area contributed by atoms with Gasteiger partial charge in [0.15, 0.2) is 0 Å². The van der Waals surface area contributed by atoms with Gasteiger partial charge in [-0.3, -0.25) is 0 Å². The first-order valence-corrected chi connectivity index (χ1v) is 6.74. The molecule has 0 aromatic heterocycles. The van der Waals surface area contributed by atoms with Crippen LogP contribution in [0.5, 0.6) is 0 Å². The first-order valence-electron chi connectivity index (χ1n) is 6.74. The molecular formula is C13H24N2. The van der Waals surface area contributed by atoms with Crippen molar-refractivity contribution in [2.24, 2.45) is 23.7 Å². The van der Waals surface area contributed by atoms with Crippen LogP contribution in [0.2, 0.25) is 0 Å². The van der Waals surface area contributed by atoms with Crippen LogP contribution in [-0.4, -0.2) is 25.2 Å². The SMILES string of the molecule is CC(C)NCCNC1C2C3CCC(C3)C12. The van der Waals surface area contributed by atoms with E-state index in [-0.39, 0.29) is 0 Å². The molecule has 3 aliphatic rings. The lowest BCUT2D eigenvalue weighted by atomic mass is 10.0. The first kappa shape index (κ1) is 10.1. The molecule has 0 heterocycles. The second-order valence-corrected chi connectivity index (χ2v) is 6.08. The van der Waals surface area contributed by atoms with E-state index in [1.54, 1.807) is 6.42 Å². The van der Waals surface area contributed by atoms with Crippen LogP contribution in [0.15, 0.2) is 0 Å². The standard InChI is InChI=1S/C13H24N2/c1-8(2)14-5-6-15-13-11-9-3-4-10(7-9)12(11)13/h8-15H,3-7H2,1-2H3. The number of hydrogen-bond acceptors (Lipinski definition) is 2. The van der Waals surface area contributed by atoms with Crippen molar-refractivity contribution in [3.8, 4) is 0 Å². The predicted octanol–water partition coefficient (Wildman–Crippen LogP) is 1.62. The fourth-order valence-electron chi connectivity index (χ4n) is 4.20. The van der Waals surface area contributed by atoms with Crippen LogP contribution in [0.25, 0.3) is 0 Å². The summed E-state index contributed by atoms with van der Waals surface area (Å²) in [5, 5.41) is 7.22. The normalized spacial score (nSPS) is 46.2. The summed E-state index contributed by atoms with van der Waals surface area (Å²) in [6.45, 7) is 6.72. The van der Waals surface area contributed by atoms with Crippen LogP contribution in [0.3, 0.4) is 0 Å². The van der Waals surface area contributed by atoms with E-state index in [2.05, 4.69) is 24.5 Å². The molecule has 4 unspecified atom stereocenters. The van der Waals surface area contributed by atoms with Gasteiger partial charge < -0.3 is 10.6 Å². The zero-order chi connectivity index (χ0) is 10.4. The third kappa shape index (κ3) is 1.72. The fourth-order valence-corrected chi connectivity index (χ4v) is 4.20. The highest BCUT2D eigenvalue weighted by Crippen LogP contribution is 2.65. The topological polar surface area (TPSA) is 24.1 Å². The first-order chi connectivity index (χ1) is 7.27. The van der Waals surface area contributed by atoms with Crippen molar-refractivity contribution in [1.29, 1.82) is 0 Å². The highest BCUT2D eigenvalue weighted by atomic mass is 15.0. The van der Waals surface area contributed by atoms with Gasteiger partial charge in [-0.25, -0.2) is 0 Å². The lowest BCUT2D eigenvalue weighted by molar-refractivity contribution is 0.454. The Bertz CT molecular complexity index is 223. The predicted molar refractivity (Wildman–Crippen MR) is 62.7 cm³/mol. The summed E-state index contributed by atoms with van der Waals surface area (Å²) in [7, 11) is 0. The molecule has 0 aromatic rings. The Morgan fingerprint density at radius 2 is 1.73 bits per heavy atom. The van der Waals surface area contributed by atoms with Crippen molar-refractivity contribution in [2.75, 3.05) is 13.1 Å². The summed E-state index contributed by atoms with van der Waals surface area (Å²) < 4.78 is 0. The molecular weight excluding hydrogens is 184 g/mol. The minimum Gasteiger partial charge on any atom is -0.313 e. The highest BCUT2D eigenvalue weighted by Gasteiger charge is 2.64. The van der Waals surface area contributed by atoms with Crippen molar-refractivity contribution in [3.05, 3.63) is 0 Å². The van der Waals surface area contributed by atoms with Gasteiger partial charge in [0.25, 0.3) is 0 Å². The molecule has 3 fully saturated rings. The molecule has 0 aliphatic heterocycles. The number of rotatable bonds is 5. The van der Waals surface area contributed by atoms with Gasteiger partial charge in [-0.1, -0.05) is 13.8 Å². The summed E-state index contributed by atoms with van der Waals surface area (Å²) in [4.78, 5) is 0. The van der Waals surface area contributed by atoms with E-state index in [9.17, 15) is 0 Å². The number of nitrogens with one attached hydrogen (secondary N) is 2. The third-order valence-corrected chi connectivity index (χ3v) is 4.79. The van der Waals surface area contributed by atoms with E-state index in [0.29, 0.717) is 6.04 Å². The molecule has 3 saturated carbocycles. The van der Waals surface area contributed by atoms with Gasteiger partial charge in [-0.15, -0.1) is 0 Å². The highest BCUT2D eigenvalue weighted by molar-refractivity contribution is 5.16. The maximum absolute atomic E-state index is 3.75. The molecule has 3 aliphatic carbocycles. The zero-order valence-corrected chi connectivity index (χ0v) is 10.00. The molecule has 15 heavy (non-hydrogen) atoms.